The lowest BCUT2D eigenvalue weighted by molar-refractivity contribution is -0.134. The number of rotatable bonds is 3. The molecule has 1 saturated carbocycles. The molecule has 2 bridgehead atoms. The van der Waals surface area contributed by atoms with E-state index in [1.165, 1.54) is 4.90 Å². The Labute approximate surface area is 156 Å². The number of ether oxygens (including phenoxy) is 1. The summed E-state index contributed by atoms with van der Waals surface area (Å²) < 4.78 is 5.44. The van der Waals surface area contributed by atoms with E-state index in [-0.39, 0.29) is 23.5 Å². The number of hydrogen-bond donors (Lipinski definition) is 0. The van der Waals surface area contributed by atoms with Gasteiger partial charge in [0.15, 0.2) is 0 Å². The van der Waals surface area contributed by atoms with Gasteiger partial charge in [-0.1, -0.05) is 24.3 Å². The van der Waals surface area contributed by atoms with Crippen LogP contribution in [-0.4, -0.2) is 24.2 Å². The molecular weight excluding hydrogens is 342 g/mol. The van der Waals surface area contributed by atoms with Crippen molar-refractivity contribution in [3.63, 3.8) is 0 Å². The first kappa shape index (κ1) is 16.2. The van der Waals surface area contributed by atoms with Gasteiger partial charge in [0, 0.05) is 12.3 Å². The molecule has 2 fully saturated rings. The van der Waals surface area contributed by atoms with Crippen molar-refractivity contribution < 1.29 is 19.1 Å². The molecule has 0 spiro atoms. The summed E-state index contributed by atoms with van der Waals surface area (Å²) in [7, 11) is 0. The lowest BCUT2D eigenvalue weighted by atomic mass is 9.56. The van der Waals surface area contributed by atoms with Gasteiger partial charge in [-0.3, -0.25) is 19.3 Å². The van der Waals surface area contributed by atoms with Crippen molar-refractivity contribution in [3.05, 3.63) is 59.7 Å². The number of ketones is 1. The van der Waals surface area contributed by atoms with E-state index in [1.54, 1.807) is 24.3 Å². The number of amides is 2. The molecule has 1 saturated heterocycles. The summed E-state index contributed by atoms with van der Waals surface area (Å²) in [6.07, 6.45) is 0.346. The maximum Gasteiger partial charge on any atom is 0.238 e. The maximum atomic E-state index is 13.2. The van der Waals surface area contributed by atoms with Crippen molar-refractivity contribution in [3.8, 4) is 5.75 Å². The highest BCUT2D eigenvalue weighted by Gasteiger charge is 2.62. The number of Topliss-reactive ketones (excluding diaryl/α,β-unsaturated/α-hetero) is 1. The number of nitrogens with zero attached hydrogens (tertiary/aromatic N) is 1. The molecule has 2 aromatic carbocycles. The Bertz CT molecular complexity index is 965. The van der Waals surface area contributed by atoms with E-state index >= 15 is 0 Å². The molecular formula is C22H19NO4. The first-order valence-electron chi connectivity index (χ1n) is 9.34. The van der Waals surface area contributed by atoms with Crippen molar-refractivity contribution in [2.24, 2.45) is 11.8 Å². The van der Waals surface area contributed by atoms with Crippen LogP contribution < -0.4 is 9.64 Å². The lowest BCUT2D eigenvalue weighted by Gasteiger charge is -2.43. The number of carbonyl (C=O) groups excluding carboxylic acids is 3. The minimum atomic E-state index is -0.579. The quantitative estimate of drug-likeness (QED) is 0.789. The summed E-state index contributed by atoms with van der Waals surface area (Å²) in [5.41, 5.74) is 2.52. The SMILES string of the molecule is CCOc1ccc(N2C(=O)C3C4CC(=O)C(c5ccccc54)C3C2=O)cc1. The number of imide groups is 1. The Hall–Kier alpha value is -2.95. The molecule has 3 aliphatic carbocycles. The van der Waals surface area contributed by atoms with Gasteiger partial charge in [0.25, 0.3) is 0 Å². The minimum absolute atomic E-state index is 0.0784. The maximum absolute atomic E-state index is 13.2. The molecule has 5 heteroatoms. The summed E-state index contributed by atoms with van der Waals surface area (Å²) in [6, 6.07) is 14.7. The molecule has 136 valence electrons. The van der Waals surface area contributed by atoms with Crippen LogP contribution in [0.15, 0.2) is 48.5 Å². The third kappa shape index (κ3) is 2.14. The lowest BCUT2D eigenvalue weighted by Crippen LogP contribution is -2.44. The van der Waals surface area contributed by atoms with Gasteiger partial charge in [0.05, 0.1) is 30.0 Å². The smallest absolute Gasteiger partial charge is 0.238 e. The summed E-state index contributed by atoms with van der Waals surface area (Å²) in [4.78, 5) is 40.4. The summed E-state index contributed by atoms with van der Waals surface area (Å²) in [5.74, 6) is -1.40. The molecule has 2 amide bonds. The average molecular weight is 361 g/mol. The Morgan fingerprint density at radius 1 is 0.926 bits per heavy atom. The molecule has 1 aliphatic heterocycles. The van der Waals surface area contributed by atoms with E-state index in [9.17, 15) is 14.4 Å². The van der Waals surface area contributed by atoms with E-state index in [4.69, 9.17) is 4.74 Å². The van der Waals surface area contributed by atoms with Gasteiger partial charge in [0.1, 0.15) is 11.5 Å². The van der Waals surface area contributed by atoms with Crippen molar-refractivity contribution in [2.75, 3.05) is 11.5 Å². The summed E-state index contributed by atoms with van der Waals surface area (Å²) in [6.45, 7) is 2.45. The van der Waals surface area contributed by atoms with Gasteiger partial charge in [-0.15, -0.1) is 0 Å². The molecule has 0 radical (unpaired) electrons. The monoisotopic (exact) mass is 361 g/mol. The van der Waals surface area contributed by atoms with Gasteiger partial charge in [-0.25, -0.2) is 0 Å². The normalized spacial score (nSPS) is 28.3. The van der Waals surface area contributed by atoms with Crippen molar-refractivity contribution in [2.45, 2.75) is 25.2 Å². The molecule has 0 N–H and O–H groups in total. The van der Waals surface area contributed by atoms with E-state index in [2.05, 4.69) is 0 Å². The van der Waals surface area contributed by atoms with E-state index in [1.807, 2.05) is 31.2 Å². The number of hydrogen-bond acceptors (Lipinski definition) is 4. The minimum Gasteiger partial charge on any atom is -0.494 e. The third-order valence-corrected chi connectivity index (χ3v) is 6.10. The molecule has 5 nitrogen and oxygen atoms in total. The zero-order chi connectivity index (χ0) is 18.7. The van der Waals surface area contributed by atoms with Gasteiger partial charge in [0.2, 0.25) is 11.8 Å². The molecule has 1 heterocycles. The summed E-state index contributed by atoms with van der Waals surface area (Å²) in [5, 5.41) is 0. The fourth-order valence-electron chi connectivity index (χ4n) is 5.07. The molecule has 27 heavy (non-hydrogen) atoms. The van der Waals surface area contributed by atoms with Crippen LogP contribution in [-0.2, 0) is 14.4 Å². The number of anilines is 1. The molecule has 6 rings (SSSR count). The number of fused-ring (bicyclic) bond motifs is 1. The molecule has 2 aromatic rings. The van der Waals surface area contributed by atoms with Crippen LogP contribution in [0.4, 0.5) is 5.69 Å². The predicted molar refractivity (Wildman–Crippen MR) is 98.6 cm³/mol. The highest BCUT2D eigenvalue weighted by Crippen LogP contribution is 2.57. The number of benzene rings is 2. The Morgan fingerprint density at radius 2 is 1.59 bits per heavy atom. The zero-order valence-electron chi connectivity index (χ0n) is 14.9. The fourth-order valence-corrected chi connectivity index (χ4v) is 5.07. The molecule has 4 aliphatic rings. The average Bonchev–Trinajstić information content (AvgIpc) is 2.95. The Balaban J connectivity index is 1.57. The van der Waals surface area contributed by atoms with Crippen molar-refractivity contribution >= 4 is 23.3 Å². The highest BCUT2D eigenvalue weighted by molar-refractivity contribution is 6.24. The molecule has 4 atom stereocenters. The zero-order valence-corrected chi connectivity index (χ0v) is 14.9. The first-order valence-corrected chi connectivity index (χ1v) is 9.34. The van der Waals surface area contributed by atoms with Crippen LogP contribution in [0.2, 0.25) is 0 Å². The van der Waals surface area contributed by atoms with Crippen molar-refractivity contribution in [1.82, 2.24) is 0 Å². The van der Waals surface area contributed by atoms with Crippen LogP contribution in [0.25, 0.3) is 0 Å². The van der Waals surface area contributed by atoms with Crippen LogP contribution in [0.1, 0.15) is 36.3 Å². The van der Waals surface area contributed by atoms with Crippen molar-refractivity contribution in [1.29, 1.82) is 0 Å². The predicted octanol–water partition coefficient (Wildman–Crippen LogP) is 3.04. The van der Waals surface area contributed by atoms with Gasteiger partial charge < -0.3 is 4.74 Å². The second-order valence-electron chi connectivity index (χ2n) is 7.37. The topological polar surface area (TPSA) is 63.7 Å². The number of carbonyl (C=O) groups is 3. The first-order chi connectivity index (χ1) is 13.1. The van der Waals surface area contributed by atoms with Crippen LogP contribution >= 0.6 is 0 Å². The Kier molecular flexibility index (Phi) is 3.47. The van der Waals surface area contributed by atoms with Crippen LogP contribution in [0.3, 0.4) is 0 Å². The molecule has 4 unspecified atom stereocenters. The standard InChI is InChI=1S/C22H19NO4/c1-2-27-13-9-7-12(8-10-13)23-21(25)19-16-11-17(24)18(20(19)22(23)26)15-6-4-3-5-14(15)16/h3-10,16,18-20H,2,11H2,1H3. The molecule has 0 aromatic heterocycles. The second-order valence-corrected chi connectivity index (χ2v) is 7.37. The van der Waals surface area contributed by atoms with E-state index < -0.39 is 17.8 Å². The third-order valence-electron chi connectivity index (χ3n) is 6.10. The highest BCUT2D eigenvalue weighted by atomic mass is 16.5. The van der Waals surface area contributed by atoms with Gasteiger partial charge in [-0.2, -0.15) is 0 Å². The van der Waals surface area contributed by atoms with Gasteiger partial charge in [-0.05, 0) is 42.3 Å². The van der Waals surface area contributed by atoms with Gasteiger partial charge >= 0.3 is 0 Å². The van der Waals surface area contributed by atoms with E-state index in [0.717, 1.165) is 11.1 Å². The fraction of sp³-hybridized carbons (Fsp3) is 0.318. The second kappa shape index (κ2) is 5.78. The Morgan fingerprint density at radius 3 is 2.30 bits per heavy atom. The van der Waals surface area contributed by atoms with Crippen LogP contribution in [0, 0.1) is 11.8 Å². The van der Waals surface area contributed by atoms with E-state index in [0.29, 0.717) is 24.5 Å². The summed E-state index contributed by atoms with van der Waals surface area (Å²) >= 11 is 0. The van der Waals surface area contributed by atoms with Crippen LogP contribution in [0.5, 0.6) is 5.75 Å². The largest absolute Gasteiger partial charge is 0.494 e.